The standard InChI is InChI=1S/C13H16N4O/c1-15-13(18)12-6-8-17(16-12)11-4-2-3-10(9-11)5-7-14/h2-4,6,8-9H,5,7,14H2,1H3,(H,15,18). The number of carbonyl (C=O) groups excluding carboxylic acids is 1. The molecule has 5 nitrogen and oxygen atoms in total. The zero-order valence-corrected chi connectivity index (χ0v) is 10.3. The monoisotopic (exact) mass is 244 g/mol. The fraction of sp³-hybridized carbons (Fsp3) is 0.231. The molecule has 3 N–H and O–H groups in total. The molecule has 0 aliphatic heterocycles. The van der Waals surface area contributed by atoms with Crippen molar-refractivity contribution in [3.05, 3.63) is 47.8 Å². The Kier molecular flexibility index (Phi) is 3.74. The van der Waals surface area contributed by atoms with Crippen LogP contribution < -0.4 is 11.1 Å². The van der Waals surface area contributed by atoms with E-state index in [0.717, 1.165) is 17.7 Å². The molecule has 0 bridgehead atoms. The average molecular weight is 244 g/mol. The Balaban J connectivity index is 2.28. The lowest BCUT2D eigenvalue weighted by atomic mass is 10.1. The van der Waals surface area contributed by atoms with Gasteiger partial charge < -0.3 is 11.1 Å². The van der Waals surface area contributed by atoms with Crippen LogP contribution in [-0.2, 0) is 6.42 Å². The van der Waals surface area contributed by atoms with E-state index in [4.69, 9.17) is 5.73 Å². The smallest absolute Gasteiger partial charge is 0.271 e. The Hall–Kier alpha value is -2.14. The number of aromatic nitrogens is 2. The SMILES string of the molecule is CNC(=O)c1ccn(-c2cccc(CCN)c2)n1. The highest BCUT2D eigenvalue weighted by Gasteiger charge is 2.07. The number of nitrogens with zero attached hydrogens (tertiary/aromatic N) is 2. The van der Waals surface area contributed by atoms with Crippen molar-refractivity contribution in [2.24, 2.45) is 5.73 Å². The van der Waals surface area contributed by atoms with Gasteiger partial charge in [0.05, 0.1) is 5.69 Å². The summed E-state index contributed by atoms with van der Waals surface area (Å²) in [6.07, 6.45) is 2.60. The predicted molar refractivity (Wildman–Crippen MR) is 69.7 cm³/mol. The van der Waals surface area contributed by atoms with E-state index in [1.165, 1.54) is 0 Å². The maximum Gasteiger partial charge on any atom is 0.271 e. The first-order valence-corrected chi connectivity index (χ1v) is 5.81. The largest absolute Gasteiger partial charge is 0.354 e. The summed E-state index contributed by atoms with van der Waals surface area (Å²) in [5.74, 6) is -0.188. The number of amides is 1. The van der Waals surface area contributed by atoms with Crippen LogP contribution in [0.5, 0.6) is 0 Å². The van der Waals surface area contributed by atoms with Crippen LogP contribution in [0.15, 0.2) is 36.5 Å². The van der Waals surface area contributed by atoms with Crippen molar-refractivity contribution in [1.82, 2.24) is 15.1 Å². The fourth-order valence-corrected chi connectivity index (χ4v) is 1.74. The highest BCUT2D eigenvalue weighted by atomic mass is 16.1. The summed E-state index contributed by atoms with van der Waals surface area (Å²) in [4.78, 5) is 11.4. The Morgan fingerprint density at radius 2 is 2.28 bits per heavy atom. The fourth-order valence-electron chi connectivity index (χ4n) is 1.74. The highest BCUT2D eigenvalue weighted by molar-refractivity contribution is 5.91. The zero-order chi connectivity index (χ0) is 13.0. The minimum absolute atomic E-state index is 0.188. The van der Waals surface area contributed by atoms with Gasteiger partial charge in [-0.25, -0.2) is 4.68 Å². The van der Waals surface area contributed by atoms with Crippen LogP contribution in [-0.4, -0.2) is 29.3 Å². The van der Waals surface area contributed by atoms with E-state index in [9.17, 15) is 4.79 Å². The van der Waals surface area contributed by atoms with E-state index in [0.29, 0.717) is 12.2 Å². The second kappa shape index (κ2) is 5.46. The van der Waals surface area contributed by atoms with E-state index in [1.807, 2.05) is 24.3 Å². The van der Waals surface area contributed by atoms with Crippen LogP contribution in [0, 0.1) is 0 Å². The third kappa shape index (κ3) is 2.57. The van der Waals surface area contributed by atoms with Gasteiger partial charge in [-0.15, -0.1) is 0 Å². The predicted octanol–water partition coefficient (Wildman–Crippen LogP) is 0.733. The van der Waals surface area contributed by atoms with E-state index < -0.39 is 0 Å². The molecule has 0 saturated heterocycles. The van der Waals surface area contributed by atoms with E-state index >= 15 is 0 Å². The molecule has 1 aromatic carbocycles. The first-order valence-electron chi connectivity index (χ1n) is 5.81. The number of benzene rings is 1. The molecule has 2 rings (SSSR count). The molecule has 1 heterocycles. The first-order chi connectivity index (χ1) is 8.74. The first kappa shape index (κ1) is 12.3. The van der Waals surface area contributed by atoms with E-state index in [1.54, 1.807) is 24.0 Å². The maximum atomic E-state index is 11.4. The normalized spacial score (nSPS) is 10.3. The molecule has 0 aliphatic rings. The summed E-state index contributed by atoms with van der Waals surface area (Å²) in [7, 11) is 1.59. The molecule has 0 fully saturated rings. The van der Waals surface area contributed by atoms with Gasteiger partial charge in [0.2, 0.25) is 0 Å². The highest BCUT2D eigenvalue weighted by Crippen LogP contribution is 2.11. The van der Waals surface area contributed by atoms with Crippen LogP contribution >= 0.6 is 0 Å². The molecule has 1 amide bonds. The number of carbonyl (C=O) groups is 1. The van der Waals surface area contributed by atoms with Gasteiger partial charge in [0, 0.05) is 13.2 Å². The van der Waals surface area contributed by atoms with Gasteiger partial charge in [0.25, 0.3) is 5.91 Å². The minimum atomic E-state index is -0.188. The molecule has 1 aromatic heterocycles. The van der Waals surface area contributed by atoms with Gasteiger partial charge in [-0.2, -0.15) is 5.10 Å². The summed E-state index contributed by atoms with van der Waals surface area (Å²) >= 11 is 0. The molecule has 94 valence electrons. The lowest BCUT2D eigenvalue weighted by Gasteiger charge is -2.04. The summed E-state index contributed by atoms with van der Waals surface area (Å²) in [6, 6.07) is 9.64. The number of hydrogen-bond acceptors (Lipinski definition) is 3. The lowest BCUT2D eigenvalue weighted by Crippen LogP contribution is -2.18. The number of rotatable bonds is 4. The van der Waals surface area contributed by atoms with Gasteiger partial charge in [-0.1, -0.05) is 12.1 Å². The van der Waals surface area contributed by atoms with Crippen molar-refractivity contribution in [2.75, 3.05) is 13.6 Å². The molecule has 0 radical (unpaired) electrons. The second-order valence-electron chi connectivity index (χ2n) is 3.93. The van der Waals surface area contributed by atoms with Crippen molar-refractivity contribution in [3.8, 4) is 5.69 Å². The van der Waals surface area contributed by atoms with Crippen molar-refractivity contribution >= 4 is 5.91 Å². The second-order valence-corrected chi connectivity index (χ2v) is 3.93. The summed E-state index contributed by atoms with van der Waals surface area (Å²) in [6.45, 7) is 0.617. The molecular weight excluding hydrogens is 228 g/mol. The quantitative estimate of drug-likeness (QED) is 0.833. The molecular formula is C13H16N4O. The molecule has 2 aromatic rings. The van der Waals surface area contributed by atoms with Crippen molar-refractivity contribution < 1.29 is 4.79 Å². The lowest BCUT2D eigenvalue weighted by molar-refractivity contribution is 0.0958. The molecule has 0 unspecified atom stereocenters. The molecule has 5 heteroatoms. The molecule has 0 atom stereocenters. The summed E-state index contributed by atoms with van der Waals surface area (Å²) in [5.41, 5.74) is 8.03. The molecule has 0 spiro atoms. The number of nitrogens with one attached hydrogen (secondary N) is 1. The summed E-state index contributed by atoms with van der Waals surface area (Å²) < 4.78 is 1.69. The van der Waals surface area contributed by atoms with Crippen LogP contribution in [0.1, 0.15) is 16.1 Å². The third-order valence-electron chi connectivity index (χ3n) is 2.66. The van der Waals surface area contributed by atoms with Gasteiger partial charge in [-0.3, -0.25) is 4.79 Å². The maximum absolute atomic E-state index is 11.4. The van der Waals surface area contributed by atoms with Crippen LogP contribution in [0.3, 0.4) is 0 Å². The Labute approximate surface area is 106 Å². The van der Waals surface area contributed by atoms with Crippen molar-refractivity contribution in [2.45, 2.75) is 6.42 Å². The van der Waals surface area contributed by atoms with Gasteiger partial charge in [0.15, 0.2) is 5.69 Å². The number of hydrogen-bond donors (Lipinski definition) is 2. The molecule has 0 saturated carbocycles. The minimum Gasteiger partial charge on any atom is -0.354 e. The Morgan fingerprint density at radius 3 is 3.00 bits per heavy atom. The number of nitrogens with two attached hydrogens (primary N) is 1. The molecule has 0 aliphatic carbocycles. The van der Waals surface area contributed by atoms with Gasteiger partial charge in [-0.05, 0) is 36.7 Å². The zero-order valence-electron chi connectivity index (χ0n) is 10.3. The third-order valence-corrected chi connectivity index (χ3v) is 2.66. The van der Waals surface area contributed by atoms with Crippen LogP contribution in [0.2, 0.25) is 0 Å². The summed E-state index contributed by atoms with van der Waals surface area (Å²) in [5, 5.41) is 6.77. The van der Waals surface area contributed by atoms with Crippen molar-refractivity contribution in [1.29, 1.82) is 0 Å². The molecule has 18 heavy (non-hydrogen) atoms. The van der Waals surface area contributed by atoms with E-state index in [2.05, 4.69) is 10.4 Å². The topological polar surface area (TPSA) is 72.9 Å². The average Bonchev–Trinajstić information content (AvgIpc) is 2.88. The Bertz CT molecular complexity index is 547. The van der Waals surface area contributed by atoms with Crippen LogP contribution in [0.25, 0.3) is 5.69 Å². The van der Waals surface area contributed by atoms with Crippen molar-refractivity contribution in [3.63, 3.8) is 0 Å². The van der Waals surface area contributed by atoms with Gasteiger partial charge >= 0.3 is 0 Å². The Morgan fingerprint density at radius 1 is 1.44 bits per heavy atom. The van der Waals surface area contributed by atoms with Crippen LogP contribution in [0.4, 0.5) is 0 Å². The van der Waals surface area contributed by atoms with E-state index in [-0.39, 0.29) is 5.91 Å². The van der Waals surface area contributed by atoms with Gasteiger partial charge in [0.1, 0.15) is 0 Å².